The molecule has 3 aliphatic rings. The Hall–Kier alpha value is -3.94. The van der Waals surface area contributed by atoms with E-state index in [9.17, 15) is 28.3 Å². The van der Waals surface area contributed by atoms with Gasteiger partial charge in [0, 0.05) is 38.5 Å². The second kappa shape index (κ2) is 12.7. The van der Waals surface area contributed by atoms with Gasteiger partial charge in [0.25, 0.3) is 0 Å². The lowest BCUT2D eigenvalue weighted by Crippen LogP contribution is -2.57. The maximum atomic E-state index is 14.3. The number of aliphatic hydroxyl groups is 1. The Kier molecular flexibility index (Phi) is 9.04. The molecule has 2 atom stereocenters. The third-order valence-corrected chi connectivity index (χ3v) is 8.49. The van der Waals surface area contributed by atoms with Crippen LogP contribution >= 0.6 is 0 Å². The summed E-state index contributed by atoms with van der Waals surface area (Å²) in [4.78, 5) is 47.3. The molecule has 3 N–H and O–H groups in total. The molecule has 43 heavy (non-hydrogen) atoms. The number of nitrogens with zero attached hydrogens (tertiary/aromatic N) is 3. The number of esters is 1. The van der Waals surface area contributed by atoms with Gasteiger partial charge in [-0.3, -0.25) is 9.88 Å². The quantitative estimate of drug-likeness (QED) is 0.414. The Bertz CT molecular complexity index is 1400. The lowest BCUT2D eigenvalue weighted by atomic mass is 9.79. The number of carbonyl (C=O) groups excluding carboxylic acids is 3. The molecule has 0 unspecified atom stereocenters. The van der Waals surface area contributed by atoms with Crippen molar-refractivity contribution in [3.63, 3.8) is 0 Å². The summed E-state index contributed by atoms with van der Waals surface area (Å²) < 4.78 is 38.2. The van der Waals surface area contributed by atoms with Crippen LogP contribution in [0.5, 0.6) is 0 Å². The van der Waals surface area contributed by atoms with Crippen LogP contribution in [0.3, 0.4) is 0 Å². The molecule has 2 aliphatic heterocycles. The summed E-state index contributed by atoms with van der Waals surface area (Å²) in [7, 11) is 2.50. The maximum Gasteiger partial charge on any atom is 0.338 e. The van der Waals surface area contributed by atoms with Crippen LogP contribution in [0.25, 0.3) is 0 Å². The molecule has 13 heteroatoms. The van der Waals surface area contributed by atoms with Crippen molar-refractivity contribution in [1.29, 1.82) is 0 Å². The normalized spacial score (nSPS) is 26.3. The van der Waals surface area contributed by atoms with Gasteiger partial charge in [0.15, 0.2) is 11.6 Å². The Labute approximate surface area is 247 Å². The minimum atomic E-state index is -1.40. The van der Waals surface area contributed by atoms with Crippen LogP contribution in [-0.2, 0) is 19.9 Å². The van der Waals surface area contributed by atoms with E-state index >= 15 is 0 Å². The van der Waals surface area contributed by atoms with Gasteiger partial charge >= 0.3 is 18.0 Å². The molecule has 4 amide bonds. The Morgan fingerprint density at radius 3 is 2.56 bits per heavy atom. The second-order valence-electron chi connectivity index (χ2n) is 11.1. The first-order chi connectivity index (χ1) is 20.6. The van der Waals surface area contributed by atoms with E-state index in [0.717, 1.165) is 37.0 Å². The number of carbonyl (C=O) groups is 3. The fourth-order valence-electron chi connectivity index (χ4n) is 6.30. The molecular formula is C30H35F2N5O6. The van der Waals surface area contributed by atoms with Crippen LogP contribution in [0.4, 0.5) is 18.4 Å². The van der Waals surface area contributed by atoms with Crippen LogP contribution in [0.15, 0.2) is 53.9 Å². The summed E-state index contributed by atoms with van der Waals surface area (Å²) in [6, 6.07) is 5.28. The predicted molar refractivity (Wildman–Crippen MR) is 149 cm³/mol. The molecule has 11 nitrogen and oxygen atoms in total. The molecule has 1 saturated carbocycles. The molecule has 1 saturated heterocycles. The number of methoxy groups -OCH3 is 2. The second-order valence-corrected chi connectivity index (χ2v) is 11.1. The molecule has 0 spiro atoms. The van der Waals surface area contributed by atoms with E-state index in [4.69, 9.17) is 9.47 Å². The molecule has 0 bridgehead atoms. The minimum Gasteiger partial charge on any atom is -0.466 e. The number of urea groups is 2. The zero-order valence-electron chi connectivity index (χ0n) is 24.0. The van der Waals surface area contributed by atoms with Gasteiger partial charge in [-0.2, -0.15) is 0 Å². The smallest absolute Gasteiger partial charge is 0.338 e. The number of halogens is 2. The molecule has 1 aliphatic carbocycles. The Morgan fingerprint density at radius 2 is 1.91 bits per heavy atom. The summed E-state index contributed by atoms with van der Waals surface area (Å²) in [5, 5.41) is 16.6. The third kappa shape index (κ3) is 6.24. The molecule has 2 aromatic rings. The summed E-state index contributed by atoms with van der Waals surface area (Å²) in [6.45, 7) is 1.04. The number of rotatable bonds is 7. The van der Waals surface area contributed by atoms with Crippen molar-refractivity contribution >= 4 is 18.0 Å². The molecule has 5 rings (SSSR count). The molecule has 2 fully saturated rings. The number of aromatic nitrogens is 1. The van der Waals surface area contributed by atoms with Crippen LogP contribution in [-0.4, -0.2) is 83.9 Å². The lowest BCUT2D eigenvalue weighted by Gasteiger charge is -2.39. The fraction of sp³-hybridized carbons (Fsp3) is 0.467. The number of pyridine rings is 1. The number of amides is 4. The van der Waals surface area contributed by atoms with Crippen LogP contribution in [0.2, 0.25) is 0 Å². The number of hydrogen-bond donors (Lipinski definition) is 3. The highest BCUT2D eigenvalue weighted by molar-refractivity contribution is 6.01. The van der Waals surface area contributed by atoms with Crippen molar-refractivity contribution < 1.29 is 37.7 Å². The van der Waals surface area contributed by atoms with Crippen molar-refractivity contribution in [3.8, 4) is 0 Å². The molecule has 1 aromatic heterocycles. The van der Waals surface area contributed by atoms with Crippen molar-refractivity contribution in [2.45, 2.75) is 55.8 Å². The standard InChI is InChI=1S/C30H35F2N5O6/c1-42-17-23-25(27(38)43-2)26(18-6-7-21(31)22(32)15-18)37(29(40)35-23)28(39)34-19-10-14-36(16-19)20-8-11-30(41,12-9-20)24-5-3-4-13-33-24/h3-7,13,15,19-20,26,41H,8-12,14,16-17H2,1-2H3,(H,34,39)(H,35,40)/t19-,20-,26+,30-/m1/s1. The van der Waals surface area contributed by atoms with Crippen molar-refractivity contribution in [2.75, 3.05) is 33.9 Å². The molecule has 1 aromatic carbocycles. The maximum absolute atomic E-state index is 14.3. The van der Waals surface area contributed by atoms with Gasteiger partial charge in [-0.25, -0.2) is 28.1 Å². The summed E-state index contributed by atoms with van der Waals surface area (Å²) in [5.41, 5.74) is -0.374. The van der Waals surface area contributed by atoms with Crippen LogP contribution in [0, 0.1) is 11.6 Å². The fourth-order valence-corrected chi connectivity index (χ4v) is 6.30. The SMILES string of the molecule is COCC1=C(C(=O)OC)[C@H](c2ccc(F)c(F)c2)N(C(=O)N[C@@H]2CCN([C@H]3CC[C@@](O)(c4ccccn4)CC3)C2)C(=O)N1. The highest BCUT2D eigenvalue weighted by atomic mass is 19.2. The predicted octanol–water partition coefficient (Wildman–Crippen LogP) is 3.11. The van der Waals surface area contributed by atoms with E-state index < -0.39 is 41.3 Å². The van der Waals surface area contributed by atoms with Crippen LogP contribution < -0.4 is 10.6 Å². The van der Waals surface area contributed by atoms with Crippen molar-refractivity contribution in [3.05, 3.63) is 76.8 Å². The third-order valence-electron chi connectivity index (χ3n) is 8.49. The highest BCUT2D eigenvalue weighted by Gasteiger charge is 2.45. The summed E-state index contributed by atoms with van der Waals surface area (Å²) in [6.07, 6.45) is 4.95. The topological polar surface area (TPSA) is 133 Å². The van der Waals surface area contributed by atoms with Gasteiger partial charge in [0.1, 0.15) is 11.6 Å². The van der Waals surface area contributed by atoms with Gasteiger partial charge in [0.05, 0.1) is 30.7 Å². The van der Waals surface area contributed by atoms with Crippen LogP contribution in [0.1, 0.15) is 49.4 Å². The lowest BCUT2D eigenvalue weighted by molar-refractivity contribution is -0.137. The van der Waals surface area contributed by atoms with Crippen molar-refractivity contribution in [2.24, 2.45) is 0 Å². The van der Waals surface area contributed by atoms with E-state index in [-0.39, 0.29) is 35.5 Å². The van der Waals surface area contributed by atoms with E-state index in [1.165, 1.54) is 13.2 Å². The van der Waals surface area contributed by atoms with Gasteiger partial charge < -0.3 is 25.2 Å². The molecule has 3 heterocycles. The van der Waals surface area contributed by atoms with E-state index in [1.54, 1.807) is 6.20 Å². The average Bonchev–Trinajstić information content (AvgIpc) is 3.47. The monoisotopic (exact) mass is 599 g/mol. The zero-order chi connectivity index (χ0) is 30.7. The van der Waals surface area contributed by atoms with E-state index in [2.05, 4.69) is 20.5 Å². The number of ether oxygens (including phenoxy) is 2. The van der Waals surface area contributed by atoms with E-state index in [1.807, 2.05) is 18.2 Å². The van der Waals surface area contributed by atoms with Gasteiger partial charge in [0.2, 0.25) is 0 Å². The number of imide groups is 1. The summed E-state index contributed by atoms with van der Waals surface area (Å²) >= 11 is 0. The van der Waals surface area contributed by atoms with Gasteiger partial charge in [-0.15, -0.1) is 0 Å². The number of benzene rings is 1. The molecule has 0 radical (unpaired) electrons. The number of likely N-dealkylation sites (tertiary alicyclic amines) is 1. The first-order valence-electron chi connectivity index (χ1n) is 14.2. The number of nitrogens with one attached hydrogen (secondary N) is 2. The number of hydrogen-bond acceptors (Lipinski definition) is 8. The highest BCUT2D eigenvalue weighted by Crippen LogP contribution is 2.39. The van der Waals surface area contributed by atoms with E-state index in [0.29, 0.717) is 38.0 Å². The first kappa shape index (κ1) is 30.5. The van der Waals surface area contributed by atoms with Gasteiger partial charge in [-0.1, -0.05) is 12.1 Å². The van der Waals surface area contributed by atoms with Gasteiger partial charge in [-0.05, 0) is 61.9 Å². The van der Waals surface area contributed by atoms with Crippen molar-refractivity contribution in [1.82, 2.24) is 25.4 Å². The largest absolute Gasteiger partial charge is 0.466 e. The Morgan fingerprint density at radius 1 is 1.14 bits per heavy atom. The molecular weight excluding hydrogens is 564 g/mol. The minimum absolute atomic E-state index is 0.00792. The zero-order valence-corrected chi connectivity index (χ0v) is 24.0. The average molecular weight is 600 g/mol. The summed E-state index contributed by atoms with van der Waals surface area (Å²) in [5.74, 6) is -3.18. The Balaban J connectivity index is 1.32. The molecule has 230 valence electrons. The first-order valence-corrected chi connectivity index (χ1v) is 14.2.